The molecule has 0 heterocycles. The number of carbonyl (C=O) groups is 2. The van der Waals surface area contributed by atoms with Gasteiger partial charge >= 0.3 is 12.1 Å². The lowest BCUT2D eigenvalue weighted by Crippen LogP contribution is -2.66. The first-order valence-corrected chi connectivity index (χ1v) is 6.33. The number of aliphatic carboxylic acids is 1. The van der Waals surface area contributed by atoms with Crippen molar-refractivity contribution in [1.82, 2.24) is 5.32 Å². The first-order valence-electron chi connectivity index (χ1n) is 6.33. The summed E-state index contributed by atoms with van der Waals surface area (Å²) >= 11 is 0. The maximum Gasteiger partial charge on any atom is 0.408 e. The second kappa shape index (κ2) is 4.78. The zero-order valence-electron chi connectivity index (χ0n) is 11.7. The lowest BCUT2D eigenvalue weighted by molar-refractivity contribution is -0.155. The number of nitrogens with one attached hydrogen (secondary N) is 1. The second-order valence-corrected chi connectivity index (χ2v) is 6.29. The van der Waals surface area contributed by atoms with Crippen molar-refractivity contribution < 1.29 is 19.4 Å². The standard InChI is InChI=1S/C13H23NO4/c1-8(2)9-6-7-13(9,10(15)16)14-11(17)18-12(3,4)5/h8-9H,6-7H2,1-5H3,(H,14,17)(H,15,16)/t9-,13-/m1/s1. The van der Waals surface area contributed by atoms with E-state index in [1.807, 2.05) is 13.8 Å². The van der Waals surface area contributed by atoms with E-state index in [1.165, 1.54) is 0 Å². The second-order valence-electron chi connectivity index (χ2n) is 6.29. The fourth-order valence-corrected chi connectivity index (χ4v) is 2.46. The largest absolute Gasteiger partial charge is 0.479 e. The third-order valence-corrected chi connectivity index (χ3v) is 3.39. The Hall–Kier alpha value is -1.26. The maximum absolute atomic E-state index is 11.7. The van der Waals surface area contributed by atoms with E-state index in [2.05, 4.69) is 5.32 Å². The lowest BCUT2D eigenvalue weighted by atomic mass is 9.62. The van der Waals surface area contributed by atoms with Gasteiger partial charge in [-0.3, -0.25) is 0 Å². The summed E-state index contributed by atoms with van der Waals surface area (Å²) in [4.78, 5) is 23.2. The average Bonchev–Trinajstić information content (AvgIpc) is 2.07. The van der Waals surface area contributed by atoms with Crippen LogP contribution in [0.4, 0.5) is 4.79 Å². The summed E-state index contributed by atoms with van der Waals surface area (Å²) in [5, 5.41) is 11.9. The molecule has 1 rings (SSSR count). The van der Waals surface area contributed by atoms with Gasteiger partial charge in [0.1, 0.15) is 11.1 Å². The number of hydrogen-bond acceptors (Lipinski definition) is 3. The maximum atomic E-state index is 11.7. The Labute approximate surface area is 108 Å². The Morgan fingerprint density at radius 1 is 1.39 bits per heavy atom. The van der Waals surface area contributed by atoms with Gasteiger partial charge in [-0.15, -0.1) is 0 Å². The molecule has 0 unspecified atom stereocenters. The van der Waals surface area contributed by atoms with E-state index in [4.69, 9.17) is 4.74 Å². The van der Waals surface area contributed by atoms with Crippen molar-refractivity contribution in [2.45, 2.75) is 58.6 Å². The van der Waals surface area contributed by atoms with Gasteiger partial charge in [-0.2, -0.15) is 0 Å². The normalized spacial score (nSPS) is 27.6. The highest BCUT2D eigenvalue weighted by atomic mass is 16.6. The molecule has 0 aromatic rings. The molecule has 104 valence electrons. The molecule has 1 saturated carbocycles. The van der Waals surface area contributed by atoms with Crippen LogP contribution >= 0.6 is 0 Å². The van der Waals surface area contributed by atoms with E-state index in [0.29, 0.717) is 6.42 Å². The van der Waals surface area contributed by atoms with Gasteiger partial charge < -0.3 is 15.2 Å². The third-order valence-electron chi connectivity index (χ3n) is 3.39. The van der Waals surface area contributed by atoms with Crippen molar-refractivity contribution >= 4 is 12.1 Å². The van der Waals surface area contributed by atoms with Crippen LogP contribution in [0.25, 0.3) is 0 Å². The fraction of sp³-hybridized carbons (Fsp3) is 0.846. The van der Waals surface area contributed by atoms with Gasteiger partial charge in [-0.1, -0.05) is 13.8 Å². The molecular formula is C13H23NO4. The van der Waals surface area contributed by atoms with E-state index < -0.39 is 23.2 Å². The molecule has 0 saturated heterocycles. The zero-order valence-corrected chi connectivity index (χ0v) is 11.7. The molecule has 0 radical (unpaired) electrons. The van der Waals surface area contributed by atoms with Crippen molar-refractivity contribution in [1.29, 1.82) is 0 Å². The number of amides is 1. The van der Waals surface area contributed by atoms with Gasteiger partial charge in [0.25, 0.3) is 0 Å². The Morgan fingerprint density at radius 2 is 1.94 bits per heavy atom. The molecule has 1 aliphatic rings. The molecular weight excluding hydrogens is 234 g/mol. The summed E-state index contributed by atoms with van der Waals surface area (Å²) in [6.07, 6.45) is 0.625. The summed E-state index contributed by atoms with van der Waals surface area (Å²) in [5.74, 6) is -0.800. The van der Waals surface area contributed by atoms with Gasteiger partial charge in [-0.05, 0) is 45.4 Å². The highest BCUT2D eigenvalue weighted by molar-refractivity contribution is 5.86. The number of carbonyl (C=O) groups excluding carboxylic acids is 1. The van der Waals surface area contributed by atoms with Crippen LogP contribution in [-0.2, 0) is 9.53 Å². The van der Waals surface area contributed by atoms with E-state index in [1.54, 1.807) is 20.8 Å². The Balaban J connectivity index is 2.77. The van der Waals surface area contributed by atoms with Crippen LogP contribution in [0, 0.1) is 11.8 Å². The highest BCUT2D eigenvalue weighted by Crippen LogP contribution is 2.43. The van der Waals surface area contributed by atoms with Crippen molar-refractivity contribution in [3.05, 3.63) is 0 Å². The predicted octanol–water partition coefficient (Wildman–Crippen LogP) is 2.40. The van der Waals surface area contributed by atoms with Crippen LogP contribution in [-0.4, -0.2) is 28.3 Å². The quantitative estimate of drug-likeness (QED) is 0.814. The Kier molecular flexibility index (Phi) is 3.93. The monoisotopic (exact) mass is 257 g/mol. The SMILES string of the molecule is CC(C)[C@H]1CC[C@]1(NC(=O)OC(C)(C)C)C(=O)O. The minimum atomic E-state index is -1.16. The zero-order chi connectivity index (χ0) is 14.1. The summed E-state index contributed by atoms with van der Waals surface area (Å²) in [6.45, 7) is 9.19. The summed E-state index contributed by atoms with van der Waals surface area (Å²) in [5.41, 5.74) is -1.78. The average molecular weight is 257 g/mol. The van der Waals surface area contributed by atoms with Gasteiger partial charge in [0.05, 0.1) is 0 Å². The van der Waals surface area contributed by atoms with Crippen LogP contribution in [0.2, 0.25) is 0 Å². The number of ether oxygens (including phenoxy) is 1. The number of rotatable bonds is 3. The first kappa shape index (κ1) is 14.8. The molecule has 1 aliphatic carbocycles. The minimum absolute atomic E-state index is 0.0393. The number of carboxylic acids is 1. The highest BCUT2D eigenvalue weighted by Gasteiger charge is 2.55. The van der Waals surface area contributed by atoms with E-state index in [9.17, 15) is 14.7 Å². The van der Waals surface area contributed by atoms with Crippen LogP contribution in [0.15, 0.2) is 0 Å². The molecule has 0 bridgehead atoms. The van der Waals surface area contributed by atoms with Crippen LogP contribution in [0.1, 0.15) is 47.5 Å². The predicted molar refractivity (Wildman–Crippen MR) is 67.3 cm³/mol. The van der Waals surface area contributed by atoms with Crippen LogP contribution in [0.5, 0.6) is 0 Å². The Morgan fingerprint density at radius 3 is 2.22 bits per heavy atom. The topological polar surface area (TPSA) is 75.6 Å². The fourth-order valence-electron chi connectivity index (χ4n) is 2.46. The molecule has 0 spiro atoms. The lowest BCUT2D eigenvalue weighted by Gasteiger charge is -2.48. The van der Waals surface area contributed by atoms with Crippen molar-refractivity contribution in [3.63, 3.8) is 0 Å². The minimum Gasteiger partial charge on any atom is -0.479 e. The Bertz CT molecular complexity index is 345. The third kappa shape index (κ3) is 2.94. The molecule has 18 heavy (non-hydrogen) atoms. The molecule has 0 aromatic heterocycles. The summed E-state index contributed by atoms with van der Waals surface area (Å²) in [6, 6.07) is 0. The molecule has 1 fully saturated rings. The van der Waals surface area contributed by atoms with Crippen molar-refractivity contribution in [2.24, 2.45) is 11.8 Å². The van der Waals surface area contributed by atoms with Crippen molar-refractivity contribution in [3.8, 4) is 0 Å². The number of alkyl carbamates (subject to hydrolysis) is 1. The van der Waals surface area contributed by atoms with E-state index in [-0.39, 0.29) is 11.8 Å². The van der Waals surface area contributed by atoms with Crippen molar-refractivity contribution in [2.75, 3.05) is 0 Å². The van der Waals surface area contributed by atoms with E-state index in [0.717, 1.165) is 6.42 Å². The molecule has 0 aliphatic heterocycles. The molecule has 1 amide bonds. The number of hydrogen-bond donors (Lipinski definition) is 2. The summed E-state index contributed by atoms with van der Waals surface area (Å²) < 4.78 is 5.13. The molecule has 5 nitrogen and oxygen atoms in total. The van der Waals surface area contributed by atoms with Gasteiger partial charge in [0.15, 0.2) is 0 Å². The molecule has 2 N–H and O–H groups in total. The molecule has 2 atom stereocenters. The smallest absolute Gasteiger partial charge is 0.408 e. The van der Waals surface area contributed by atoms with Gasteiger partial charge in [-0.25, -0.2) is 9.59 Å². The van der Waals surface area contributed by atoms with Crippen LogP contribution < -0.4 is 5.32 Å². The van der Waals surface area contributed by atoms with Gasteiger partial charge in [0.2, 0.25) is 0 Å². The van der Waals surface area contributed by atoms with E-state index >= 15 is 0 Å². The molecule has 5 heteroatoms. The van der Waals surface area contributed by atoms with Gasteiger partial charge in [0, 0.05) is 0 Å². The first-order chi connectivity index (χ1) is 8.08. The summed E-state index contributed by atoms with van der Waals surface area (Å²) in [7, 11) is 0. The number of carboxylic acid groups (broad SMARTS) is 1. The molecule has 0 aromatic carbocycles. The van der Waals surface area contributed by atoms with Crippen LogP contribution in [0.3, 0.4) is 0 Å².